The first-order valence-corrected chi connectivity index (χ1v) is 36.5. The summed E-state index contributed by atoms with van der Waals surface area (Å²) in [6.07, 6.45) is 97.1. The molecule has 0 aliphatic carbocycles. The zero-order valence-corrected chi connectivity index (χ0v) is 55.7. The summed E-state index contributed by atoms with van der Waals surface area (Å²) < 4.78 is 33.2. The van der Waals surface area contributed by atoms with E-state index in [0.29, 0.717) is 6.42 Å². The number of hydrogen-bond acceptors (Lipinski definition) is 8. The molecule has 0 saturated heterocycles. The Balaban J connectivity index is 3.91. The summed E-state index contributed by atoms with van der Waals surface area (Å²) in [5.74, 6) is -0.826. The number of carbonyl (C=O) groups is 2. The van der Waals surface area contributed by atoms with E-state index in [4.69, 9.17) is 24.3 Å². The van der Waals surface area contributed by atoms with E-state index in [-0.39, 0.29) is 38.6 Å². The van der Waals surface area contributed by atoms with Crippen molar-refractivity contribution in [2.24, 2.45) is 5.73 Å². The summed E-state index contributed by atoms with van der Waals surface area (Å²) >= 11 is 0. The monoisotopic (exact) mass is 1200 g/mol. The molecule has 2 atom stereocenters. The summed E-state index contributed by atoms with van der Waals surface area (Å²) in [7, 11) is -4.40. The van der Waals surface area contributed by atoms with Gasteiger partial charge in [-0.2, -0.15) is 0 Å². The predicted octanol–water partition coefficient (Wildman–Crippen LogP) is 23.1. The van der Waals surface area contributed by atoms with Gasteiger partial charge in [0.2, 0.25) is 0 Å². The Morgan fingerprint density at radius 3 is 0.965 bits per heavy atom. The Morgan fingerprint density at radius 1 is 0.365 bits per heavy atom. The Bertz CT molecular complexity index is 1810. The van der Waals surface area contributed by atoms with Gasteiger partial charge >= 0.3 is 19.8 Å². The molecule has 0 radical (unpaired) electrons. The van der Waals surface area contributed by atoms with Gasteiger partial charge in [0.25, 0.3) is 0 Å². The predicted molar refractivity (Wildman–Crippen MR) is 367 cm³/mol. The summed E-state index contributed by atoms with van der Waals surface area (Å²) in [5, 5.41) is 0. The lowest BCUT2D eigenvalue weighted by molar-refractivity contribution is -0.161. The van der Waals surface area contributed by atoms with Crippen LogP contribution in [0.15, 0.2) is 122 Å². The maximum Gasteiger partial charge on any atom is 0.472 e. The van der Waals surface area contributed by atoms with E-state index < -0.39 is 26.5 Å². The van der Waals surface area contributed by atoms with E-state index in [2.05, 4.69) is 135 Å². The zero-order chi connectivity index (χ0) is 61.6. The Morgan fingerprint density at radius 2 is 0.647 bits per heavy atom. The standard InChI is InChI=1S/C75H130NO8P/c1-3-5-7-9-11-13-15-17-19-21-23-25-27-29-31-33-34-35-36-37-38-40-42-44-46-48-50-52-54-56-58-60-62-64-66-68-75(78)84-73(72-83-85(79,80)82-70-69-76)71-81-74(77)67-65-63-61-59-57-55-53-51-49-47-45-43-41-39-32-30-28-26-24-22-20-18-16-14-12-10-8-6-4-2/h5,7,11,13,16-19,22-25,28-31,34-35,37-38,73H,3-4,6,8-10,12,14-15,20-21,26-27,32-33,36,39-72,76H2,1-2H3,(H,79,80)/b7-5-,13-11-,18-16-,19-17-,24-22-,25-23-,30-28-,31-29-,35-34-,38-37-. The van der Waals surface area contributed by atoms with E-state index in [1.54, 1.807) is 0 Å². The summed E-state index contributed by atoms with van der Waals surface area (Å²) in [5.41, 5.74) is 5.40. The lowest BCUT2D eigenvalue weighted by Gasteiger charge is -2.19. The molecule has 0 aromatic carbocycles. The van der Waals surface area contributed by atoms with Gasteiger partial charge in [0.05, 0.1) is 13.2 Å². The number of allylic oxidation sites excluding steroid dienone is 20. The van der Waals surface area contributed by atoms with Crippen LogP contribution in [0.4, 0.5) is 0 Å². The number of carbonyl (C=O) groups excluding carboxylic acids is 2. The molecular formula is C75H130NO8P. The van der Waals surface area contributed by atoms with Crippen LogP contribution in [-0.2, 0) is 32.7 Å². The Kier molecular flexibility index (Phi) is 66.6. The van der Waals surface area contributed by atoms with E-state index in [1.165, 1.54) is 180 Å². The first-order chi connectivity index (χ1) is 41.8. The fourth-order valence-electron chi connectivity index (χ4n) is 9.68. The largest absolute Gasteiger partial charge is 0.472 e. The van der Waals surface area contributed by atoms with E-state index in [9.17, 15) is 19.0 Å². The minimum atomic E-state index is -4.40. The molecule has 0 aliphatic rings. The van der Waals surface area contributed by atoms with Gasteiger partial charge in [-0.3, -0.25) is 18.6 Å². The second kappa shape index (κ2) is 69.5. The van der Waals surface area contributed by atoms with Crippen molar-refractivity contribution in [3.63, 3.8) is 0 Å². The molecule has 0 aliphatic heterocycles. The van der Waals surface area contributed by atoms with Gasteiger partial charge in [0.1, 0.15) is 6.61 Å². The lowest BCUT2D eigenvalue weighted by Crippen LogP contribution is -2.29. The van der Waals surface area contributed by atoms with Gasteiger partial charge in [-0.15, -0.1) is 0 Å². The SMILES string of the molecule is CC/C=C\C/C=C\C/C=C\C/C=C\C/C=C\C/C=C\C/C=C\CCCCCCCCCCCCCCCC(=O)OC(COC(=O)CCCCCCCCCCCCCCCC/C=C\C/C=C\C/C=C\CCCCCCC)COP(=O)(O)OCCN. The van der Waals surface area contributed by atoms with Crippen molar-refractivity contribution >= 4 is 19.8 Å². The van der Waals surface area contributed by atoms with Crippen LogP contribution < -0.4 is 5.73 Å². The fraction of sp³-hybridized carbons (Fsp3) is 0.707. The summed E-state index contributed by atoms with van der Waals surface area (Å²) in [4.78, 5) is 35.4. The maximum absolute atomic E-state index is 12.8. The topological polar surface area (TPSA) is 134 Å². The molecule has 0 rings (SSSR count). The third kappa shape index (κ3) is 69.4. The molecule has 488 valence electrons. The highest BCUT2D eigenvalue weighted by atomic mass is 31.2. The van der Waals surface area contributed by atoms with Gasteiger partial charge in [-0.25, -0.2) is 4.57 Å². The third-order valence-electron chi connectivity index (χ3n) is 14.8. The van der Waals surface area contributed by atoms with Crippen molar-refractivity contribution in [2.45, 2.75) is 315 Å². The molecule has 0 amide bonds. The average Bonchev–Trinajstić information content (AvgIpc) is 3.52. The molecule has 0 heterocycles. The second-order valence-electron chi connectivity index (χ2n) is 23.0. The van der Waals surface area contributed by atoms with Crippen molar-refractivity contribution in [2.75, 3.05) is 26.4 Å². The number of unbranched alkanes of at least 4 members (excludes halogenated alkanes) is 32. The highest BCUT2D eigenvalue weighted by Crippen LogP contribution is 2.43. The summed E-state index contributed by atoms with van der Waals surface area (Å²) in [6, 6.07) is 0. The molecule has 2 unspecified atom stereocenters. The van der Waals surface area contributed by atoms with Gasteiger partial charge < -0.3 is 20.1 Å². The number of hydrogen-bond donors (Lipinski definition) is 2. The van der Waals surface area contributed by atoms with E-state index in [0.717, 1.165) is 96.3 Å². The second-order valence-corrected chi connectivity index (χ2v) is 24.5. The molecule has 0 bridgehead atoms. The molecule has 10 heteroatoms. The van der Waals surface area contributed by atoms with E-state index in [1.807, 2.05) is 0 Å². The van der Waals surface area contributed by atoms with Gasteiger partial charge in [0.15, 0.2) is 6.10 Å². The number of rotatable bonds is 65. The van der Waals surface area contributed by atoms with Crippen molar-refractivity contribution in [1.82, 2.24) is 0 Å². The first-order valence-electron chi connectivity index (χ1n) is 35.0. The van der Waals surface area contributed by atoms with Crippen LogP contribution in [0.25, 0.3) is 0 Å². The van der Waals surface area contributed by atoms with Crippen molar-refractivity contribution in [3.8, 4) is 0 Å². The Hall–Kier alpha value is -3.59. The molecule has 85 heavy (non-hydrogen) atoms. The van der Waals surface area contributed by atoms with Crippen LogP contribution in [0.2, 0.25) is 0 Å². The molecule has 3 N–H and O–H groups in total. The smallest absolute Gasteiger partial charge is 0.462 e. The number of ether oxygens (including phenoxy) is 2. The number of esters is 2. The number of nitrogens with two attached hydrogens (primary N) is 1. The maximum atomic E-state index is 12.8. The number of phosphoric acid groups is 1. The summed E-state index contributed by atoms with van der Waals surface area (Å²) in [6.45, 7) is 3.64. The number of phosphoric ester groups is 1. The molecule has 9 nitrogen and oxygen atoms in total. The van der Waals surface area contributed by atoms with Crippen LogP contribution in [0.1, 0.15) is 309 Å². The molecule has 0 saturated carbocycles. The van der Waals surface area contributed by atoms with Crippen LogP contribution in [0.5, 0.6) is 0 Å². The normalized spacial score (nSPS) is 13.7. The highest BCUT2D eigenvalue weighted by Gasteiger charge is 2.26. The quantitative estimate of drug-likeness (QED) is 0.0264. The fourth-order valence-corrected chi connectivity index (χ4v) is 10.5. The van der Waals surface area contributed by atoms with Crippen molar-refractivity contribution < 1.29 is 37.6 Å². The molecular weight excluding hydrogens is 1070 g/mol. The molecule has 0 aromatic heterocycles. The van der Waals surface area contributed by atoms with Crippen LogP contribution >= 0.6 is 7.82 Å². The lowest BCUT2D eigenvalue weighted by atomic mass is 10.0. The molecule has 0 fully saturated rings. The highest BCUT2D eigenvalue weighted by molar-refractivity contribution is 7.47. The Labute approximate surface area is 523 Å². The van der Waals surface area contributed by atoms with Crippen LogP contribution in [0, 0.1) is 0 Å². The zero-order valence-electron chi connectivity index (χ0n) is 54.8. The first kappa shape index (κ1) is 81.4. The van der Waals surface area contributed by atoms with Gasteiger partial charge in [-0.1, -0.05) is 309 Å². The van der Waals surface area contributed by atoms with Gasteiger partial charge in [0, 0.05) is 19.4 Å². The molecule has 0 aromatic rings. The van der Waals surface area contributed by atoms with Crippen LogP contribution in [0.3, 0.4) is 0 Å². The third-order valence-corrected chi connectivity index (χ3v) is 15.8. The average molecular weight is 1200 g/mol. The van der Waals surface area contributed by atoms with Crippen LogP contribution in [-0.4, -0.2) is 49.3 Å². The minimum Gasteiger partial charge on any atom is -0.462 e. The van der Waals surface area contributed by atoms with Gasteiger partial charge in [-0.05, 0) is 109 Å². The molecule has 0 spiro atoms. The minimum absolute atomic E-state index is 0.0492. The van der Waals surface area contributed by atoms with Crippen molar-refractivity contribution in [1.29, 1.82) is 0 Å². The van der Waals surface area contributed by atoms with E-state index >= 15 is 0 Å². The van der Waals surface area contributed by atoms with Crippen molar-refractivity contribution in [3.05, 3.63) is 122 Å².